The molecule has 1 fully saturated rings. The fraction of sp³-hybridized carbons (Fsp3) is 0.368. The number of piperidine rings is 1. The first-order valence-corrected chi connectivity index (χ1v) is 8.74. The molecule has 0 bridgehead atoms. The Morgan fingerprint density at radius 1 is 1.08 bits per heavy atom. The number of benzene rings is 1. The van der Waals surface area contributed by atoms with Gasteiger partial charge in [-0.3, -0.25) is 9.59 Å². The van der Waals surface area contributed by atoms with Crippen LogP contribution in [0.5, 0.6) is 0 Å². The standard InChI is InChI=1S/C19H23N5O2/c1-13-4-5-14(2)16(12-13)23-18(26)17(25)22-15-6-10-24(11-7-15)19-20-8-3-9-21-19/h3-5,8-9,12,15H,6-7,10-11H2,1-2H3,(H,22,25)(H,23,26). The number of anilines is 2. The van der Waals surface area contributed by atoms with E-state index in [9.17, 15) is 9.59 Å². The molecule has 0 unspecified atom stereocenters. The molecule has 2 heterocycles. The lowest BCUT2D eigenvalue weighted by atomic mass is 10.1. The van der Waals surface area contributed by atoms with E-state index in [0.717, 1.165) is 37.1 Å². The van der Waals surface area contributed by atoms with Gasteiger partial charge in [0.1, 0.15) is 0 Å². The minimum atomic E-state index is -0.632. The molecular formula is C19H23N5O2. The van der Waals surface area contributed by atoms with E-state index in [0.29, 0.717) is 11.6 Å². The van der Waals surface area contributed by atoms with Gasteiger partial charge in [-0.15, -0.1) is 0 Å². The molecular weight excluding hydrogens is 330 g/mol. The van der Waals surface area contributed by atoms with Crippen LogP contribution < -0.4 is 15.5 Å². The number of carbonyl (C=O) groups excluding carboxylic acids is 2. The summed E-state index contributed by atoms with van der Waals surface area (Å²) in [7, 11) is 0. The Balaban J connectivity index is 1.51. The number of aryl methyl sites for hydroxylation is 2. The second-order valence-electron chi connectivity index (χ2n) is 6.56. The van der Waals surface area contributed by atoms with Gasteiger partial charge in [-0.1, -0.05) is 12.1 Å². The number of rotatable bonds is 3. The van der Waals surface area contributed by atoms with Crippen LogP contribution in [0.1, 0.15) is 24.0 Å². The summed E-state index contributed by atoms with van der Waals surface area (Å²) in [5.41, 5.74) is 2.62. The van der Waals surface area contributed by atoms with Gasteiger partial charge in [0, 0.05) is 37.2 Å². The van der Waals surface area contributed by atoms with Crippen LogP contribution in [0.3, 0.4) is 0 Å². The molecule has 0 spiro atoms. The number of carbonyl (C=O) groups is 2. The molecule has 0 atom stereocenters. The molecule has 2 N–H and O–H groups in total. The summed E-state index contributed by atoms with van der Waals surface area (Å²) in [6.45, 7) is 5.33. The number of hydrogen-bond donors (Lipinski definition) is 2. The van der Waals surface area contributed by atoms with Crippen LogP contribution in [0.4, 0.5) is 11.6 Å². The van der Waals surface area contributed by atoms with Crippen molar-refractivity contribution >= 4 is 23.5 Å². The Labute approximate surface area is 152 Å². The molecule has 7 heteroatoms. The molecule has 0 radical (unpaired) electrons. The third-order valence-electron chi connectivity index (χ3n) is 4.51. The first-order chi connectivity index (χ1) is 12.5. The first-order valence-electron chi connectivity index (χ1n) is 8.74. The summed E-state index contributed by atoms with van der Waals surface area (Å²) in [5.74, 6) is -0.530. The highest BCUT2D eigenvalue weighted by Gasteiger charge is 2.24. The molecule has 0 aliphatic carbocycles. The lowest BCUT2D eigenvalue weighted by Crippen LogP contribution is -2.48. The van der Waals surface area contributed by atoms with Crippen molar-refractivity contribution in [1.82, 2.24) is 15.3 Å². The molecule has 3 rings (SSSR count). The third-order valence-corrected chi connectivity index (χ3v) is 4.51. The lowest BCUT2D eigenvalue weighted by molar-refractivity contribution is -0.136. The van der Waals surface area contributed by atoms with Gasteiger partial charge < -0.3 is 15.5 Å². The summed E-state index contributed by atoms with van der Waals surface area (Å²) in [6, 6.07) is 7.51. The van der Waals surface area contributed by atoms with Crippen LogP contribution >= 0.6 is 0 Å². The van der Waals surface area contributed by atoms with E-state index in [4.69, 9.17) is 0 Å². The van der Waals surface area contributed by atoms with E-state index in [2.05, 4.69) is 25.5 Å². The maximum Gasteiger partial charge on any atom is 0.313 e. The van der Waals surface area contributed by atoms with Crippen molar-refractivity contribution in [1.29, 1.82) is 0 Å². The number of amides is 2. The summed E-state index contributed by atoms with van der Waals surface area (Å²) in [6.07, 6.45) is 4.93. The van der Waals surface area contributed by atoms with Gasteiger partial charge in [0.25, 0.3) is 0 Å². The van der Waals surface area contributed by atoms with E-state index in [1.165, 1.54) is 0 Å². The highest BCUT2D eigenvalue weighted by atomic mass is 16.2. The van der Waals surface area contributed by atoms with Gasteiger partial charge in [-0.05, 0) is 49.9 Å². The van der Waals surface area contributed by atoms with Crippen LogP contribution in [0, 0.1) is 13.8 Å². The largest absolute Gasteiger partial charge is 0.345 e. The fourth-order valence-electron chi connectivity index (χ4n) is 2.98. The molecule has 1 saturated heterocycles. The molecule has 0 saturated carbocycles. The summed E-state index contributed by atoms with van der Waals surface area (Å²) in [4.78, 5) is 35.0. The molecule has 1 aliphatic heterocycles. The number of nitrogens with one attached hydrogen (secondary N) is 2. The topological polar surface area (TPSA) is 87.2 Å². The minimum Gasteiger partial charge on any atom is -0.345 e. The zero-order chi connectivity index (χ0) is 18.5. The SMILES string of the molecule is Cc1ccc(C)c(NC(=O)C(=O)NC2CCN(c3ncccn3)CC2)c1. The fourth-order valence-corrected chi connectivity index (χ4v) is 2.98. The normalized spacial score (nSPS) is 14.8. The first kappa shape index (κ1) is 17.8. The van der Waals surface area contributed by atoms with Crippen molar-refractivity contribution in [2.75, 3.05) is 23.3 Å². The molecule has 26 heavy (non-hydrogen) atoms. The number of nitrogens with zero attached hydrogens (tertiary/aromatic N) is 3. The van der Waals surface area contributed by atoms with Crippen molar-refractivity contribution in [3.8, 4) is 0 Å². The molecule has 1 aliphatic rings. The lowest BCUT2D eigenvalue weighted by Gasteiger charge is -2.32. The summed E-state index contributed by atoms with van der Waals surface area (Å²) < 4.78 is 0. The third kappa shape index (κ3) is 4.36. The molecule has 1 aromatic carbocycles. The van der Waals surface area contributed by atoms with E-state index in [1.54, 1.807) is 18.5 Å². The zero-order valence-electron chi connectivity index (χ0n) is 15.0. The molecule has 2 amide bonds. The quantitative estimate of drug-likeness (QED) is 0.822. The Morgan fingerprint density at radius 2 is 1.77 bits per heavy atom. The highest BCUT2D eigenvalue weighted by Crippen LogP contribution is 2.17. The van der Waals surface area contributed by atoms with Crippen LogP contribution in [0.25, 0.3) is 0 Å². The van der Waals surface area contributed by atoms with Crippen molar-refractivity contribution in [3.05, 3.63) is 47.8 Å². The smallest absolute Gasteiger partial charge is 0.313 e. The van der Waals surface area contributed by atoms with Gasteiger partial charge in [0.05, 0.1) is 0 Å². The van der Waals surface area contributed by atoms with E-state index >= 15 is 0 Å². The Kier molecular flexibility index (Phi) is 5.46. The Hall–Kier alpha value is -2.96. The van der Waals surface area contributed by atoms with Gasteiger partial charge in [0.15, 0.2) is 0 Å². The Morgan fingerprint density at radius 3 is 2.46 bits per heavy atom. The van der Waals surface area contributed by atoms with Crippen molar-refractivity contribution in [2.24, 2.45) is 0 Å². The van der Waals surface area contributed by atoms with Crippen molar-refractivity contribution in [3.63, 3.8) is 0 Å². The van der Waals surface area contributed by atoms with Crippen molar-refractivity contribution in [2.45, 2.75) is 32.7 Å². The van der Waals surface area contributed by atoms with E-state index < -0.39 is 11.8 Å². The highest BCUT2D eigenvalue weighted by molar-refractivity contribution is 6.39. The monoisotopic (exact) mass is 353 g/mol. The Bertz CT molecular complexity index is 786. The second-order valence-corrected chi connectivity index (χ2v) is 6.56. The van der Waals surface area contributed by atoms with Gasteiger partial charge in [0.2, 0.25) is 5.95 Å². The zero-order valence-corrected chi connectivity index (χ0v) is 15.0. The average molecular weight is 353 g/mol. The van der Waals surface area contributed by atoms with Crippen LogP contribution in [-0.4, -0.2) is 40.9 Å². The summed E-state index contributed by atoms with van der Waals surface area (Å²) in [5, 5.41) is 5.52. The van der Waals surface area contributed by atoms with Crippen LogP contribution in [0.2, 0.25) is 0 Å². The number of hydrogen-bond acceptors (Lipinski definition) is 5. The van der Waals surface area contributed by atoms with E-state index in [-0.39, 0.29) is 6.04 Å². The number of aromatic nitrogens is 2. The second kappa shape index (κ2) is 7.95. The maximum absolute atomic E-state index is 12.2. The predicted molar refractivity (Wildman–Crippen MR) is 100.0 cm³/mol. The summed E-state index contributed by atoms with van der Waals surface area (Å²) >= 11 is 0. The van der Waals surface area contributed by atoms with E-state index in [1.807, 2.05) is 32.0 Å². The average Bonchev–Trinajstić information content (AvgIpc) is 2.66. The van der Waals surface area contributed by atoms with Crippen LogP contribution in [-0.2, 0) is 9.59 Å². The van der Waals surface area contributed by atoms with Gasteiger partial charge >= 0.3 is 11.8 Å². The molecule has 7 nitrogen and oxygen atoms in total. The predicted octanol–water partition coefficient (Wildman–Crippen LogP) is 1.82. The molecule has 2 aromatic rings. The van der Waals surface area contributed by atoms with Gasteiger partial charge in [-0.25, -0.2) is 9.97 Å². The molecule has 136 valence electrons. The van der Waals surface area contributed by atoms with Crippen molar-refractivity contribution < 1.29 is 9.59 Å². The molecule has 1 aromatic heterocycles. The van der Waals surface area contributed by atoms with Gasteiger partial charge in [-0.2, -0.15) is 0 Å². The maximum atomic E-state index is 12.2. The minimum absolute atomic E-state index is 0.0215. The van der Waals surface area contributed by atoms with Crippen LogP contribution in [0.15, 0.2) is 36.7 Å².